The van der Waals surface area contributed by atoms with Crippen LogP contribution in [-0.2, 0) is 6.42 Å². The van der Waals surface area contributed by atoms with Crippen LogP contribution in [0.2, 0.25) is 0 Å². The zero-order chi connectivity index (χ0) is 11.4. The predicted octanol–water partition coefficient (Wildman–Crippen LogP) is 1.59. The average molecular weight is 223 g/mol. The summed E-state index contributed by atoms with van der Waals surface area (Å²) in [7, 11) is 0. The number of nitrogens with one attached hydrogen (secondary N) is 1. The molecule has 0 aromatic heterocycles. The number of rotatable bonds is 3. The van der Waals surface area contributed by atoms with Crippen molar-refractivity contribution in [3.63, 3.8) is 0 Å². The monoisotopic (exact) mass is 223 g/mol. The van der Waals surface area contributed by atoms with Crippen molar-refractivity contribution < 1.29 is 9.50 Å². The van der Waals surface area contributed by atoms with E-state index in [2.05, 4.69) is 5.32 Å². The van der Waals surface area contributed by atoms with E-state index < -0.39 is 0 Å². The summed E-state index contributed by atoms with van der Waals surface area (Å²) in [6.07, 6.45) is 2.02. The third-order valence-electron chi connectivity index (χ3n) is 3.41. The molecule has 0 aliphatic carbocycles. The fraction of sp³-hybridized carbons (Fsp3) is 0.538. The Hall–Kier alpha value is -0.930. The molecule has 16 heavy (non-hydrogen) atoms. The van der Waals surface area contributed by atoms with Crippen LogP contribution in [0.3, 0.4) is 0 Å². The Morgan fingerprint density at radius 3 is 2.69 bits per heavy atom. The van der Waals surface area contributed by atoms with E-state index in [-0.39, 0.29) is 12.4 Å². The van der Waals surface area contributed by atoms with Gasteiger partial charge in [-0.15, -0.1) is 0 Å². The fourth-order valence-corrected chi connectivity index (χ4v) is 2.38. The highest BCUT2D eigenvalue weighted by Crippen LogP contribution is 2.23. The Balaban J connectivity index is 1.99. The topological polar surface area (TPSA) is 32.3 Å². The van der Waals surface area contributed by atoms with Crippen molar-refractivity contribution in [1.29, 1.82) is 0 Å². The largest absolute Gasteiger partial charge is 0.396 e. The molecule has 1 aromatic carbocycles. The van der Waals surface area contributed by atoms with Crippen molar-refractivity contribution in [3.8, 4) is 0 Å². The molecule has 0 bridgehead atoms. The van der Waals surface area contributed by atoms with E-state index in [0.717, 1.165) is 31.5 Å². The van der Waals surface area contributed by atoms with Gasteiger partial charge in [0.05, 0.1) is 0 Å². The molecule has 1 aromatic rings. The molecule has 2 atom stereocenters. The summed E-state index contributed by atoms with van der Waals surface area (Å²) in [5.41, 5.74) is 1.16. The maximum atomic E-state index is 12.8. The lowest BCUT2D eigenvalue weighted by atomic mass is 9.82. The first-order valence-corrected chi connectivity index (χ1v) is 5.85. The number of aliphatic hydroxyl groups excluding tert-OH is 1. The van der Waals surface area contributed by atoms with Crippen molar-refractivity contribution in [2.75, 3.05) is 19.7 Å². The second-order valence-electron chi connectivity index (χ2n) is 4.53. The number of piperidine rings is 1. The molecule has 0 amide bonds. The van der Waals surface area contributed by atoms with E-state index in [1.807, 2.05) is 12.1 Å². The summed E-state index contributed by atoms with van der Waals surface area (Å²) < 4.78 is 12.8. The van der Waals surface area contributed by atoms with Crippen molar-refractivity contribution in [3.05, 3.63) is 35.6 Å². The minimum Gasteiger partial charge on any atom is -0.396 e. The van der Waals surface area contributed by atoms with Gasteiger partial charge >= 0.3 is 0 Å². The molecular formula is C13H18FNO. The lowest BCUT2D eigenvalue weighted by molar-refractivity contribution is 0.145. The SMILES string of the molecule is OC[C@@H]1CNCC[C@H]1Cc1ccc(F)cc1. The van der Waals surface area contributed by atoms with Crippen molar-refractivity contribution in [2.24, 2.45) is 11.8 Å². The van der Waals surface area contributed by atoms with Crippen LogP contribution in [-0.4, -0.2) is 24.8 Å². The molecule has 1 aliphatic heterocycles. The van der Waals surface area contributed by atoms with Crippen LogP contribution in [0.15, 0.2) is 24.3 Å². The molecule has 2 rings (SSSR count). The molecule has 1 heterocycles. The molecule has 0 saturated carbocycles. The number of hydrogen-bond acceptors (Lipinski definition) is 2. The molecule has 0 radical (unpaired) electrons. The van der Waals surface area contributed by atoms with Crippen LogP contribution < -0.4 is 5.32 Å². The summed E-state index contributed by atoms with van der Waals surface area (Å²) in [5, 5.41) is 12.6. The number of aliphatic hydroxyl groups is 1. The third-order valence-corrected chi connectivity index (χ3v) is 3.41. The smallest absolute Gasteiger partial charge is 0.123 e. The fourth-order valence-electron chi connectivity index (χ4n) is 2.38. The molecule has 0 unspecified atom stereocenters. The van der Waals surface area contributed by atoms with E-state index in [4.69, 9.17) is 0 Å². The summed E-state index contributed by atoms with van der Waals surface area (Å²) in [6.45, 7) is 2.14. The van der Waals surface area contributed by atoms with Crippen LogP contribution in [0.1, 0.15) is 12.0 Å². The Kier molecular flexibility index (Phi) is 3.91. The lowest BCUT2D eigenvalue weighted by Gasteiger charge is -2.31. The number of halogens is 1. The zero-order valence-corrected chi connectivity index (χ0v) is 9.32. The first kappa shape index (κ1) is 11.6. The summed E-state index contributed by atoms with van der Waals surface area (Å²) in [5.74, 6) is 0.656. The van der Waals surface area contributed by atoms with Gasteiger partial charge in [0.15, 0.2) is 0 Å². The van der Waals surface area contributed by atoms with E-state index in [1.54, 1.807) is 0 Å². The Labute approximate surface area is 95.5 Å². The molecule has 2 N–H and O–H groups in total. The third kappa shape index (κ3) is 2.80. The van der Waals surface area contributed by atoms with Crippen molar-refractivity contribution >= 4 is 0 Å². The van der Waals surface area contributed by atoms with Crippen molar-refractivity contribution in [2.45, 2.75) is 12.8 Å². The van der Waals surface area contributed by atoms with E-state index in [0.29, 0.717) is 11.8 Å². The average Bonchev–Trinajstić information content (AvgIpc) is 2.33. The van der Waals surface area contributed by atoms with E-state index in [1.165, 1.54) is 12.1 Å². The van der Waals surface area contributed by atoms with Gasteiger partial charge in [-0.05, 0) is 48.9 Å². The molecule has 2 nitrogen and oxygen atoms in total. The first-order chi connectivity index (χ1) is 7.79. The molecule has 0 spiro atoms. The van der Waals surface area contributed by atoms with Crippen LogP contribution >= 0.6 is 0 Å². The van der Waals surface area contributed by atoms with Gasteiger partial charge < -0.3 is 10.4 Å². The molecular weight excluding hydrogens is 205 g/mol. The molecule has 1 aliphatic rings. The van der Waals surface area contributed by atoms with Gasteiger partial charge in [0.2, 0.25) is 0 Å². The summed E-state index contributed by atoms with van der Waals surface area (Å²) in [6, 6.07) is 6.69. The van der Waals surface area contributed by atoms with Gasteiger partial charge in [-0.1, -0.05) is 12.1 Å². The molecule has 3 heteroatoms. The first-order valence-electron chi connectivity index (χ1n) is 5.85. The van der Waals surface area contributed by atoms with Gasteiger partial charge in [0.1, 0.15) is 5.82 Å². The second-order valence-corrected chi connectivity index (χ2v) is 4.53. The highest BCUT2D eigenvalue weighted by molar-refractivity contribution is 5.17. The van der Waals surface area contributed by atoms with Crippen LogP contribution in [0.5, 0.6) is 0 Å². The Bertz CT molecular complexity index is 325. The minimum atomic E-state index is -0.187. The van der Waals surface area contributed by atoms with E-state index >= 15 is 0 Å². The highest BCUT2D eigenvalue weighted by Gasteiger charge is 2.24. The van der Waals surface area contributed by atoms with Gasteiger partial charge in [-0.2, -0.15) is 0 Å². The van der Waals surface area contributed by atoms with Gasteiger partial charge in [-0.3, -0.25) is 0 Å². The van der Waals surface area contributed by atoms with Crippen molar-refractivity contribution in [1.82, 2.24) is 5.32 Å². The minimum absolute atomic E-state index is 0.187. The zero-order valence-electron chi connectivity index (χ0n) is 9.32. The van der Waals surface area contributed by atoms with E-state index in [9.17, 15) is 9.50 Å². The number of hydrogen-bond donors (Lipinski definition) is 2. The van der Waals surface area contributed by atoms with Gasteiger partial charge in [0.25, 0.3) is 0 Å². The highest BCUT2D eigenvalue weighted by atomic mass is 19.1. The molecule has 1 fully saturated rings. The molecule has 1 saturated heterocycles. The predicted molar refractivity (Wildman–Crippen MR) is 61.7 cm³/mol. The van der Waals surface area contributed by atoms with Gasteiger partial charge in [-0.25, -0.2) is 4.39 Å². The second kappa shape index (κ2) is 5.41. The molecule has 88 valence electrons. The Morgan fingerprint density at radius 1 is 1.25 bits per heavy atom. The standard InChI is InChI=1S/C13H18FNO/c14-13-3-1-10(2-4-13)7-11-5-6-15-8-12(11)9-16/h1-4,11-12,15-16H,5-9H2/t11-,12-/m0/s1. The lowest BCUT2D eigenvalue weighted by Crippen LogP contribution is -2.39. The summed E-state index contributed by atoms with van der Waals surface area (Å²) in [4.78, 5) is 0. The normalized spacial score (nSPS) is 25.6. The van der Waals surface area contributed by atoms with Crippen LogP contribution in [0.25, 0.3) is 0 Å². The maximum Gasteiger partial charge on any atom is 0.123 e. The number of benzene rings is 1. The van der Waals surface area contributed by atoms with Crippen LogP contribution in [0.4, 0.5) is 4.39 Å². The quantitative estimate of drug-likeness (QED) is 0.815. The van der Waals surface area contributed by atoms with Gasteiger partial charge in [0, 0.05) is 13.2 Å². The summed E-state index contributed by atoms with van der Waals surface area (Å²) >= 11 is 0. The maximum absolute atomic E-state index is 12.8. The Morgan fingerprint density at radius 2 is 2.00 bits per heavy atom. The van der Waals surface area contributed by atoms with Crippen LogP contribution in [0, 0.1) is 17.7 Å².